The summed E-state index contributed by atoms with van der Waals surface area (Å²) in [6.07, 6.45) is 2.60. The quantitative estimate of drug-likeness (QED) is 0.655. The second-order valence-electron chi connectivity index (χ2n) is 4.43. The third kappa shape index (κ3) is 2.98. The van der Waals surface area contributed by atoms with Crippen LogP contribution in [0.15, 0.2) is 43.0 Å². The van der Waals surface area contributed by atoms with Crippen LogP contribution in [0.25, 0.3) is 11.3 Å². The molecular formula is C15H17ClN4. The highest BCUT2D eigenvalue weighted by Crippen LogP contribution is 2.29. The minimum absolute atomic E-state index is 0.0548. The van der Waals surface area contributed by atoms with Crippen molar-refractivity contribution in [1.82, 2.24) is 15.5 Å². The number of hydrogen-bond donors (Lipinski definition) is 2. The highest BCUT2D eigenvalue weighted by atomic mass is 35.5. The Kier molecular flexibility index (Phi) is 4.71. The normalized spacial score (nSPS) is 12.1. The van der Waals surface area contributed by atoms with E-state index in [1.807, 2.05) is 43.5 Å². The maximum atomic E-state index is 6.15. The molecule has 2 aromatic rings. The average molecular weight is 289 g/mol. The molecule has 5 heteroatoms. The molecular weight excluding hydrogens is 272 g/mol. The van der Waals surface area contributed by atoms with Crippen LogP contribution in [-0.2, 0) is 0 Å². The predicted molar refractivity (Wildman–Crippen MR) is 83.5 cm³/mol. The van der Waals surface area contributed by atoms with Gasteiger partial charge in [-0.2, -0.15) is 0 Å². The summed E-state index contributed by atoms with van der Waals surface area (Å²) in [6, 6.07) is 9.53. The first-order valence-corrected chi connectivity index (χ1v) is 6.71. The summed E-state index contributed by atoms with van der Waals surface area (Å²) in [7, 11) is 1.88. The van der Waals surface area contributed by atoms with E-state index in [2.05, 4.69) is 22.1 Å². The van der Waals surface area contributed by atoms with E-state index in [9.17, 15) is 0 Å². The fraction of sp³-hybridized carbons (Fsp3) is 0.200. The highest BCUT2D eigenvalue weighted by molar-refractivity contribution is 6.30. The highest BCUT2D eigenvalue weighted by Gasteiger charge is 2.15. The largest absolute Gasteiger partial charge is 0.398 e. The smallest absolute Gasteiger partial charge is 0.156 e. The van der Waals surface area contributed by atoms with Crippen molar-refractivity contribution in [3.8, 4) is 11.3 Å². The Morgan fingerprint density at radius 3 is 2.80 bits per heavy atom. The van der Waals surface area contributed by atoms with Gasteiger partial charge < -0.3 is 11.1 Å². The van der Waals surface area contributed by atoms with Gasteiger partial charge in [0.05, 0.1) is 5.69 Å². The van der Waals surface area contributed by atoms with Crippen molar-refractivity contribution >= 4 is 17.3 Å². The Hall–Kier alpha value is -1.91. The van der Waals surface area contributed by atoms with Crippen LogP contribution in [0.2, 0.25) is 5.15 Å². The Bertz CT molecular complexity index is 613. The van der Waals surface area contributed by atoms with Gasteiger partial charge in [-0.15, -0.1) is 16.8 Å². The van der Waals surface area contributed by atoms with E-state index in [4.69, 9.17) is 17.3 Å². The number of para-hydroxylation sites is 1. The molecule has 104 valence electrons. The molecule has 0 fully saturated rings. The SMILES string of the molecule is C=CCC(NC)c1cc(-c2ccccc2N)nnc1Cl. The Morgan fingerprint density at radius 2 is 2.15 bits per heavy atom. The Balaban J connectivity index is 2.48. The second-order valence-corrected chi connectivity index (χ2v) is 4.79. The lowest BCUT2D eigenvalue weighted by molar-refractivity contribution is 0.600. The number of anilines is 1. The third-order valence-corrected chi connectivity index (χ3v) is 3.43. The molecule has 0 aliphatic heterocycles. The van der Waals surface area contributed by atoms with Crippen LogP contribution >= 0.6 is 11.6 Å². The van der Waals surface area contributed by atoms with Crippen LogP contribution in [0.1, 0.15) is 18.0 Å². The minimum atomic E-state index is 0.0548. The van der Waals surface area contributed by atoms with Crippen LogP contribution in [0, 0.1) is 0 Å². The van der Waals surface area contributed by atoms with E-state index in [-0.39, 0.29) is 6.04 Å². The molecule has 0 spiro atoms. The molecule has 4 nitrogen and oxygen atoms in total. The maximum Gasteiger partial charge on any atom is 0.156 e. The summed E-state index contributed by atoms with van der Waals surface area (Å²) in [5.41, 5.74) is 9.10. The lowest BCUT2D eigenvalue weighted by atomic mass is 10.0. The molecule has 0 radical (unpaired) electrons. The zero-order chi connectivity index (χ0) is 14.5. The molecule has 0 aliphatic carbocycles. The number of halogens is 1. The summed E-state index contributed by atoms with van der Waals surface area (Å²) in [5.74, 6) is 0. The molecule has 0 bridgehead atoms. The van der Waals surface area contributed by atoms with Gasteiger partial charge in [-0.25, -0.2) is 0 Å². The van der Waals surface area contributed by atoms with Gasteiger partial charge in [0, 0.05) is 22.9 Å². The van der Waals surface area contributed by atoms with Crippen LogP contribution < -0.4 is 11.1 Å². The molecule has 0 saturated heterocycles. The topological polar surface area (TPSA) is 63.8 Å². The van der Waals surface area contributed by atoms with Crippen LogP contribution in [0.4, 0.5) is 5.69 Å². The van der Waals surface area contributed by atoms with Crippen molar-refractivity contribution in [3.63, 3.8) is 0 Å². The van der Waals surface area contributed by atoms with Gasteiger partial charge in [-0.3, -0.25) is 0 Å². The third-order valence-electron chi connectivity index (χ3n) is 3.14. The van der Waals surface area contributed by atoms with Crippen molar-refractivity contribution < 1.29 is 0 Å². The standard InChI is InChI=1S/C15H17ClN4/c1-3-6-13(18-2)11-9-14(19-20-15(11)16)10-7-4-5-8-12(10)17/h3-5,7-9,13,18H,1,6,17H2,2H3. The van der Waals surface area contributed by atoms with E-state index in [0.717, 1.165) is 17.5 Å². The molecule has 20 heavy (non-hydrogen) atoms. The first-order valence-electron chi connectivity index (χ1n) is 6.33. The van der Waals surface area contributed by atoms with Gasteiger partial charge in [-0.05, 0) is 25.6 Å². The first kappa shape index (κ1) is 14.5. The molecule has 0 aliphatic rings. The zero-order valence-electron chi connectivity index (χ0n) is 11.3. The van der Waals surface area contributed by atoms with Crippen LogP contribution in [0.3, 0.4) is 0 Å². The predicted octanol–water partition coefficient (Wildman–Crippen LogP) is 3.22. The van der Waals surface area contributed by atoms with Gasteiger partial charge in [0.2, 0.25) is 0 Å². The fourth-order valence-electron chi connectivity index (χ4n) is 2.06. The first-order chi connectivity index (χ1) is 9.67. The summed E-state index contributed by atoms with van der Waals surface area (Å²) in [5, 5.41) is 11.8. The molecule has 0 amide bonds. The van der Waals surface area contributed by atoms with Crippen LogP contribution in [-0.4, -0.2) is 17.2 Å². The Morgan fingerprint density at radius 1 is 1.40 bits per heavy atom. The van der Waals surface area contributed by atoms with E-state index in [1.54, 1.807) is 0 Å². The number of nitrogens with one attached hydrogen (secondary N) is 1. The second kappa shape index (κ2) is 6.50. The van der Waals surface area contributed by atoms with Crippen molar-refractivity contribution in [1.29, 1.82) is 0 Å². The summed E-state index contributed by atoms with van der Waals surface area (Å²) in [6.45, 7) is 3.76. The van der Waals surface area contributed by atoms with E-state index in [1.165, 1.54) is 0 Å². The van der Waals surface area contributed by atoms with Gasteiger partial charge in [0.25, 0.3) is 0 Å². The number of hydrogen-bond acceptors (Lipinski definition) is 4. The number of aromatic nitrogens is 2. The zero-order valence-corrected chi connectivity index (χ0v) is 12.1. The monoisotopic (exact) mass is 288 g/mol. The van der Waals surface area contributed by atoms with Crippen molar-refractivity contribution in [2.24, 2.45) is 0 Å². The summed E-state index contributed by atoms with van der Waals surface area (Å²) < 4.78 is 0. The molecule has 2 rings (SSSR count). The van der Waals surface area contributed by atoms with Crippen molar-refractivity contribution in [2.75, 3.05) is 12.8 Å². The van der Waals surface area contributed by atoms with E-state index >= 15 is 0 Å². The molecule has 1 heterocycles. The number of rotatable bonds is 5. The van der Waals surface area contributed by atoms with E-state index < -0.39 is 0 Å². The van der Waals surface area contributed by atoms with Crippen LogP contribution in [0.5, 0.6) is 0 Å². The fourth-order valence-corrected chi connectivity index (χ4v) is 2.29. The molecule has 1 aromatic carbocycles. The number of benzene rings is 1. The summed E-state index contributed by atoms with van der Waals surface area (Å²) in [4.78, 5) is 0. The minimum Gasteiger partial charge on any atom is -0.398 e. The van der Waals surface area contributed by atoms with Gasteiger partial charge in [-0.1, -0.05) is 35.9 Å². The average Bonchev–Trinajstić information content (AvgIpc) is 2.46. The molecule has 0 saturated carbocycles. The van der Waals surface area contributed by atoms with Crippen molar-refractivity contribution in [2.45, 2.75) is 12.5 Å². The lowest BCUT2D eigenvalue weighted by Crippen LogP contribution is -2.17. The molecule has 3 N–H and O–H groups in total. The number of nitrogen functional groups attached to an aromatic ring is 1. The van der Waals surface area contributed by atoms with Gasteiger partial charge in [0.1, 0.15) is 0 Å². The number of nitrogens with two attached hydrogens (primary N) is 1. The molecule has 1 aromatic heterocycles. The van der Waals surface area contributed by atoms with Gasteiger partial charge in [0.15, 0.2) is 5.15 Å². The lowest BCUT2D eigenvalue weighted by Gasteiger charge is -2.16. The van der Waals surface area contributed by atoms with Crippen molar-refractivity contribution in [3.05, 3.63) is 53.7 Å². The molecule has 1 unspecified atom stereocenters. The van der Waals surface area contributed by atoms with Gasteiger partial charge >= 0.3 is 0 Å². The maximum absolute atomic E-state index is 6.15. The Labute approximate surface area is 123 Å². The van der Waals surface area contributed by atoms with E-state index in [0.29, 0.717) is 16.5 Å². The molecule has 1 atom stereocenters. The summed E-state index contributed by atoms with van der Waals surface area (Å²) >= 11 is 6.15. The number of nitrogens with zero attached hydrogens (tertiary/aromatic N) is 2.